The third-order valence-electron chi connectivity index (χ3n) is 2.46. The second-order valence-electron chi connectivity index (χ2n) is 3.44. The standard InChI is InChI=1S/C11H15NO2/c13-7-6-12-9-11-4-2-1-3-10(11)5-8-14-12/h1-4,13H,5-9H2. The van der Waals surface area contributed by atoms with Crippen molar-refractivity contribution in [3.8, 4) is 0 Å². The van der Waals surface area contributed by atoms with Crippen molar-refractivity contribution >= 4 is 0 Å². The molecule has 1 aromatic rings. The van der Waals surface area contributed by atoms with Crippen LogP contribution in [0, 0.1) is 0 Å². The van der Waals surface area contributed by atoms with E-state index >= 15 is 0 Å². The first-order valence-electron chi connectivity index (χ1n) is 4.95. The minimum absolute atomic E-state index is 0.141. The molecular formula is C11H15NO2. The maximum atomic E-state index is 8.84. The Bertz CT molecular complexity index is 301. The second-order valence-corrected chi connectivity index (χ2v) is 3.44. The van der Waals surface area contributed by atoms with Gasteiger partial charge in [-0.05, 0) is 17.5 Å². The Morgan fingerprint density at radius 3 is 2.86 bits per heavy atom. The third-order valence-corrected chi connectivity index (χ3v) is 2.46. The summed E-state index contributed by atoms with van der Waals surface area (Å²) in [4.78, 5) is 5.50. The van der Waals surface area contributed by atoms with Gasteiger partial charge in [0.15, 0.2) is 0 Å². The Kier molecular flexibility index (Phi) is 3.14. The SMILES string of the molecule is OCCN1Cc2ccccc2CCO1. The van der Waals surface area contributed by atoms with Crippen LogP contribution in [0.15, 0.2) is 24.3 Å². The summed E-state index contributed by atoms with van der Waals surface area (Å²) in [6.45, 7) is 2.20. The van der Waals surface area contributed by atoms with Crippen molar-refractivity contribution in [3.63, 3.8) is 0 Å². The summed E-state index contributed by atoms with van der Waals surface area (Å²) >= 11 is 0. The Balaban J connectivity index is 2.14. The van der Waals surface area contributed by atoms with E-state index in [0.29, 0.717) is 13.2 Å². The summed E-state index contributed by atoms with van der Waals surface area (Å²) in [5, 5.41) is 10.7. The Morgan fingerprint density at radius 2 is 2.07 bits per heavy atom. The van der Waals surface area contributed by atoms with E-state index in [9.17, 15) is 0 Å². The van der Waals surface area contributed by atoms with Crippen molar-refractivity contribution in [2.24, 2.45) is 0 Å². The van der Waals surface area contributed by atoms with E-state index < -0.39 is 0 Å². The minimum Gasteiger partial charge on any atom is -0.395 e. The number of hydroxylamine groups is 2. The smallest absolute Gasteiger partial charge is 0.0725 e. The summed E-state index contributed by atoms with van der Waals surface area (Å²) in [6, 6.07) is 8.36. The number of aliphatic hydroxyl groups excluding tert-OH is 1. The fourth-order valence-electron chi connectivity index (χ4n) is 1.73. The summed E-state index contributed by atoms with van der Waals surface area (Å²) < 4.78 is 0. The summed E-state index contributed by atoms with van der Waals surface area (Å²) in [5.41, 5.74) is 2.66. The molecule has 0 fully saturated rings. The van der Waals surface area contributed by atoms with Crippen LogP contribution in [-0.2, 0) is 17.8 Å². The first-order valence-corrected chi connectivity index (χ1v) is 4.95. The number of hydrogen-bond donors (Lipinski definition) is 1. The highest BCUT2D eigenvalue weighted by Crippen LogP contribution is 2.16. The maximum absolute atomic E-state index is 8.84. The average Bonchev–Trinajstić information content (AvgIpc) is 2.40. The monoisotopic (exact) mass is 193 g/mol. The maximum Gasteiger partial charge on any atom is 0.0725 e. The van der Waals surface area contributed by atoms with Gasteiger partial charge in [0.05, 0.1) is 13.2 Å². The number of rotatable bonds is 2. The molecule has 3 nitrogen and oxygen atoms in total. The van der Waals surface area contributed by atoms with Gasteiger partial charge in [0.1, 0.15) is 0 Å². The van der Waals surface area contributed by atoms with E-state index in [2.05, 4.69) is 18.2 Å². The lowest BCUT2D eigenvalue weighted by Crippen LogP contribution is -2.25. The normalized spacial score (nSPS) is 17.5. The predicted octanol–water partition coefficient (Wildman–Crippen LogP) is 0.969. The highest BCUT2D eigenvalue weighted by molar-refractivity contribution is 5.27. The van der Waals surface area contributed by atoms with Gasteiger partial charge in [0, 0.05) is 13.1 Å². The zero-order valence-electron chi connectivity index (χ0n) is 8.15. The molecule has 0 bridgehead atoms. The minimum atomic E-state index is 0.141. The molecule has 0 aromatic heterocycles. The van der Waals surface area contributed by atoms with Crippen LogP contribution in [0.4, 0.5) is 0 Å². The quantitative estimate of drug-likeness (QED) is 0.759. The number of hydrogen-bond acceptors (Lipinski definition) is 3. The number of β-amino-alcohol motifs (C(OH)–C–C–N with tert-alkyl or cyclic N) is 1. The predicted molar refractivity (Wildman–Crippen MR) is 53.6 cm³/mol. The van der Waals surface area contributed by atoms with Gasteiger partial charge >= 0.3 is 0 Å². The van der Waals surface area contributed by atoms with Crippen molar-refractivity contribution < 1.29 is 9.94 Å². The van der Waals surface area contributed by atoms with Crippen LogP contribution in [0.5, 0.6) is 0 Å². The van der Waals surface area contributed by atoms with Crippen molar-refractivity contribution in [1.29, 1.82) is 0 Å². The first kappa shape index (κ1) is 9.65. The molecule has 0 unspecified atom stereocenters. The largest absolute Gasteiger partial charge is 0.395 e. The van der Waals surface area contributed by atoms with Crippen LogP contribution < -0.4 is 0 Å². The van der Waals surface area contributed by atoms with Gasteiger partial charge in [-0.3, -0.25) is 4.84 Å². The molecule has 76 valence electrons. The van der Waals surface area contributed by atoms with Crippen molar-refractivity contribution in [2.45, 2.75) is 13.0 Å². The lowest BCUT2D eigenvalue weighted by atomic mass is 10.1. The van der Waals surface area contributed by atoms with Crippen molar-refractivity contribution in [2.75, 3.05) is 19.8 Å². The average molecular weight is 193 g/mol. The van der Waals surface area contributed by atoms with Crippen molar-refractivity contribution in [1.82, 2.24) is 5.06 Å². The fraction of sp³-hybridized carbons (Fsp3) is 0.455. The fourth-order valence-corrected chi connectivity index (χ4v) is 1.73. The van der Waals surface area contributed by atoms with Gasteiger partial charge in [-0.25, -0.2) is 0 Å². The number of nitrogens with zero attached hydrogens (tertiary/aromatic N) is 1. The van der Waals surface area contributed by atoms with E-state index in [4.69, 9.17) is 9.94 Å². The van der Waals surface area contributed by atoms with Crippen LogP contribution in [-0.4, -0.2) is 29.9 Å². The molecule has 0 atom stereocenters. The van der Waals surface area contributed by atoms with Gasteiger partial charge in [-0.2, -0.15) is 5.06 Å². The lowest BCUT2D eigenvalue weighted by molar-refractivity contribution is -0.166. The molecule has 0 spiro atoms. The van der Waals surface area contributed by atoms with Crippen LogP contribution >= 0.6 is 0 Å². The molecule has 14 heavy (non-hydrogen) atoms. The molecule has 0 saturated heterocycles. The summed E-state index contributed by atoms with van der Waals surface area (Å²) in [5.74, 6) is 0. The Hall–Kier alpha value is -0.900. The van der Waals surface area contributed by atoms with Crippen LogP contribution in [0.1, 0.15) is 11.1 Å². The molecule has 0 saturated carbocycles. The van der Waals surface area contributed by atoms with Gasteiger partial charge in [0.25, 0.3) is 0 Å². The molecule has 1 heterocycles. The summed E-state index contributed by atoms with van der Waals surface area (Å²) in [7, 11) is 0. The molecule has 1 aliphatic rings. The zero-order valence-corrected chi connectivity index (χ0v) is 8.15. The Labute approximate surface area is 83.9 Å². The van der Waals surface area contributed by atoms with Gasteiger partial charge in [-0.1, -0.05) is 24.3 Å². The molecule has 1 aliphatic heterocycles. The van der Waals surface area contributed by atoms with E-state index in [1.54, 1.807) is 0 Å². The van der Waals surface area contributed by atoms with Gasteiger partial charge < -0.3 is 5.11 Å². The summed E-state index contributed by atoms with van der Waals surface area (Å²) in [6.07, 6.45) is 0.956. The molecular weight excluding hydrogens is 178 g/mol. The van der Waals surface area contributed by atoms with Crippen LogP contribution in [0.3, 0.4) is 0 Å². The molecule has 2 rings (SSSR count). The number of fused-ring (bicyclic) bond motifs is 1. The van der Waals surface area contributed by atoms with E-state index in [1.807, 2.05) is 11.1 Å². The highest BCUT2D eigenvalue weighted by Gasteiger charge is 2.13. The third kappa shape index (κ3) is 2.12. The number of benzene rings is 1. The highest BCUT2D eigenvalue weighted by atomic mass is 16.7. The van der Waals surface area contributed by atoms with Crippen molar-refractivity contribution in [3.05, 3.63) is 35.4 Å². The first-order chi connectivity index (χ1) is 6.90. The molecule has 3 heteroatoms. The van der Waals surface area contributed by atoms with Crippen LogP contribution in [0.25, 0.3) is 0 Å². The second kappa shape index (κ2) is 4.55. The van der Waals surface area contributed by atoms with E-state index in [0.717, 1.165) is 13.0 Å². The lowest BCUT2D eigenvalue weighted by Gasteiger charge is -2.17. The number of aliphatic hydroxyl groups is 1. The zero-order chi connectivity index (χ0) is 9.80. The van der Waals surface area contributed by atoms with Crippen LogP contribution in [0.2, 0.25) is 0 Å². The van der Waals surface area contributed by atoms with E-state index in [1.165, 1.54) is 11.1 Å². The van der Waals surface area contributed by atoms with Gasteiger partial charge in [-0.15, -0.1) is 0 Å². The molecule has 0 aliphatic carbocycles. The molecule has 0 amide bonds. The topological polar surface area (TPSA) is 32.7 Å². The molecule has 0 radical (unpaired) electrons. The molecule has 1 aromatic carbocycles. The molecule has 1 N–H and O–H groups in total. The van der Waals surface area contributed by atoms with Gasteiger partial charge in [0.2, 0.25) is 0 Å². The van der Waals surface area contributed by atoms with E-state index in [-0.39, 0.29) is 6.61 Å². The Morgan fingerprint density at radius 1 is 1.29 bits per heavy atom.